The minimum atomic E-state index is -0.234. The highest BCUT2D eigenvalue weighted by molar-refractivity contribution is 7.13. The molecule has 164 valence electrons. The van der Waals surface area contributed by atoms with Crippen LogP contribution in [0.1, 0.15) is 86.2 Å². The predicted octanol–water partition coefficient (Wildman–Crippen LogP) is 6.77. The van der Waals surface area contributed by atoms with Gasteiger partial charge in [-0.3, -0.25) is 0 Å². The zero-order valence-electron chi connectivity index (χ0n) is 18.2. The van der Waals surface area contributed by atoms with Gasteiger partial charge in [0.25, 0.3) is 0 Å². The van der Waals surface area contributed by atoms with E-state index in [4.69, 9.17) is 11.6 Å². The van der Waals surface area contributed by atoms with Crippen LogP contribution in [0.2, 0.25) is 0 Å². The highest BCUT2D eigenvalue weighted by Gasteiger charge is 2.40. The lowest BCUT2D eigenvalue weighted by molar-refractivity contribution is -0.0355. The summed E-state index contributed by atoms with van der Waals surface area (Å²) in [6.45, 7) is 4.33. The van der Waals surface area contributed by atoms with E-state index in [2.05, 4.69) is 30.7 Å². The minimum absolute atomic E-state index is 0.146. The normalized spacial score (nSPS) is 23.9. The summed E-state index contributed by atoms with van der Waals surface area (Å²) in [6.07, 6.45) is 15.7. The molecule has 0 radical (unpaired) electrons. The summed E-state index contributed by atoms with van der Waals surface area (Å²) >= 11 is 7.75. The third kappa shape index (κ3) is 6.83. The molecule has 3 atom stereocenters. The standard InChI is InChI=1S/C15H25ClO.C9H12O2S/c1-2-15(10-5-11-15)14(17)9-4-7-12-6-3-8-13(12)16;1-3-4-7-5-6-8(12-7)9(10)11-2/h4,7,12-14,17H,2-3,5-6,8-11H2,1H3;5-6H,3-4H2,1-2H3/b7-4+;/t12-,13-,14?;/m0./s1. The Morgan fingerprint density at radius 2 is 2.10 bits per heavy atom. The SMILES string of the molecule is CCC1(C(O)C/C=C/[C@@H]2CCC[C@@H]2Cl)CCC1.CCCc1ccc(C(=O)OC)s1. The monoisotopic (exact) mass is 440 g/mol. The number of thiophene rings is 1. The van der Waals surface area contributed by atoms with E-state index in [-0.39, 0.29) is 17.5 Å². The Morgan fingerprint density at radius 3 is 2.62 bits per heavy atom. The van der Waals surface area contributed by atoms with Crippen LogP contribution in [-0.4, -0.2) is 29.7 Å². The number of allylic oxidation sites excluding steroid dienone is 1. The Bertz CT molecular complexity index is 645. The third-order valence-corrected chi connectivity index (χ3v) is 8.20. The number of ether oxygens (including phenoxy) is 1. The molecule has 5 heteroatoms. The summed E-state index contributed by atoms with van der Waals surface area (Å²) in [5.74, 6) is 0.310. The molecule has 2 fully saturated rings. The Kier molecular flexibility index (Phi) is 10.2. The van der Waals surface area contributed by atoms with E-state index in [9.17, 15) is 9.90 Å². The number of aryl methyl sites for hydroxylation is 1. The van der Waals surface area contributed by atoms with Crippen molar-refractivity contribution in [2.24, 2.45) is 11.3 Å². The van der Waals surface area contributed by atoms with Crippen LogP contribution in [0.4, 0.5) is 0 Å². The van der Waals surface area contributed by atoms with Crippen LogP contribution in [0.15, 0.2) is 24.3 Å². The zero-order valence-corrected chi connectivity index (χ0v) is 19.7. The number of halogens is 1. The molecule has 29 heavy (non-hydrogen) atoms. The van der Waals surface area contributed by atoms with Crippen LogP contribution >= 0.6 is 22.9 Å². The lowest BCUT2D eigenvalue weighted by Crippen LogP contribution is -2.40. The molecule has 0 amide bonds. The van der Waals surface area contributed by atoms with Gasteiger partial charge in [-0.05, 0) is 68.4 Å². The van der Waals surface area contributed by atoms with E-state index >= 15 is 0 Å². The number of aliphatic hydroxyl groups excluding tert-OH is 1. The second-order valence-corrected chi connectivity index (χ2v) is 10.1. The first-order valence-electron chi connectivity index (χ1n) is 11.1. The lowest BCUT2D eigenvalue weighted by atomic mass is 9.63. The van der Waals surface area contributed by atoms with Crippen molar-refractivity contribution < 1.29 is 14.6 Å². The first-order chi connectivity index (χ1) is 14.0. The number of rotatable bonds is 8. The number of esters is 1. The zero-order chi connectivity index (χ0) is 21.3. The number of methoxy groups -OCH3 is 1. The quantitative estimate of drug-likeness (QED) is 0.275. The van der Waals surface area contributed by atoms with Crippen LogP contribution < -0.4 is 0 Å². The van der Waals surface area contributed by atoms with Crippen molar-refractivity contribution in [3.63, 3.8) is 0 Å². The van der Waals surface area contributed by atoms with E-state index in [1.54, 1.807) is 0 Å². The molecule has 1 aromatic heterocycles. The highest BCUT2D eigenvalue weighted by atomic mass is 35.5. The first kappa shape index (κ1) is 24.4. The van der Waals surface area contributed by atoms with E-state index in [0.717, 1.165) is 32.1 Å². The molecule has 1 heterocycles. The van der Waals surface area contributed by atoms with E-state index in [0.29, 0.717) is 16.2 Å². The summed E-state index contributed by atoms with van der Waals surface area (Å²) < 4.78 is 4.60. The predicted molar refractivity (Wildman–Crippen MR) is 123 cm³/mol. The van der Waals surface area contributed by atoms with Crippen molar-refractivity contribution >= 4 is 28.9 Å². The highest BCUT2D eigenvalue weighted by Crippen LogP contribution is 2.47. The molecule has 1 N–H and O–H groups in total. The Morgan fingerprint density at radius 1 is 1.34 bits per heavy atom. The Labute approximate surface area is 185 Å². The van der Waals surface area contributed by atoms with Gasteiger partial charge < -0.3 is 9.84 Å². The van der Waals surface area contributed by atoms with Gasteiger partial charge in [0, 0.05) is 10.3 Å². The molecule has 0 spiro atoms. The van der Waals surface area contributed by atoms with E-state index < -0.39 is 0 Å². The van der Waals surface area contributed by atoms with Gasteiger partial charge in [0.05, 0.1) is 13.2 Å². The summed E-state index contributed by atoms with van der Waals surface area (Å²) in [5.41, 5.74) is 0.236. The number of hydrogen-bond donors (Lipinski definition) is 1. The maximum Gasteiger partial charge on any atom is 0.348 e. The minimum Gasteiger partial charge on any atom is -0.465 e. The van der Waals surface area contributed by atoms with Gasteiger partial charge in [-0.15, -0.1) is 22.9 Å². The number of alkyl halides is 1. The fourth-order valence-corrected chi connectivity index (χ4v) is 5.71. The maximum atomic E-state index is 11.0. The molecule has 3 nitrogen and oxygen atoms in total. The van der Waals surface area contributed by atoms with Crippen LogP contribution in [0.5, 0.6) is 0 Å². The maximum absolute atomic E-state index is 11.0. The van der Waals surface area contributed by atoms with Crippen LogP contribution in [0.3, 0.4) is 0 Å². The van der Waals surface area contributed by atoms with Crippen LogP contribution in [0.25, 0.3) is 0 Å². The fraction of sp³-hybridized carbons (Fsp3) is 0.708. The third-order valence-electron chi connectivity index (χ3n) is 6.53. The van der Waals surface area contributed by atoms with Gasteiger partial charge >= 0.3 is 5.97 Å². The fourth-order valence-electron chi connectivity index (χ4n) is 4.31. The van der Waals surface area contributed by atoms with E-state index in [1.807, 2.05) is 12.1 Å². The van der Waals surface area contributed by atoms with Gasteiger partial charge in [0.1, 0.15) is 4.88 Å². The molecule has 2 aliphatic rings. The van der Waals surface area contributed by atoms with Crippen molar-refractivity contribution in [1.29, 1.82) is 0 Å². The summed E-state index contributed by atoms with van der Waals surface area (Å²) in [6, 6.07) is 3.81. The van der Waals surface area contributed by atoms with Crippen molar-refractivity contribution in [1.82, 2.24) is 0 Å². The average molecular weight is 441 g/mol. The van der Waals surface area contributed by atoms with E-state index in [1.165, 1.54) is 55.4 Å². The molecule has 2 aliphatic carbocycles. The first-order valence-corrected chi connectivity index (χ1v) is 12.4. The lowest BCUT2D eigenvalue weighted by Gasteiger charge is -2.45. The molecular formula is C24H37ClO3S. The molecule has 0 aromatic carbocycles. The van der Waals surface area contributed by atoms with Crippen molar-refractivity contribution in [2.45, 2.75) is 89.5 Å². The average Bonchev–Trinajstić information content (AvgIpc) is 3.31. The van der Waals surface area contributed by atoms with Gasteiger partial charge in [-0.25, -0.2) is 4.79 Å². The number of carbonyl (C=O) groups excluding carboxylic acids is 1. The molecule has 0 bridgehead atoms. The van der Waals surface area contributed by atoms with Crippen LogP contribution in [-0.2, 0) is 11.2 Å². The number of carbonyl (C=O) groups is 1. The topological polar surface area (TPSA) is 46.5 Å². The molecule has 3 rings (SSSR count). The summed E-state index contributed by atoms with van der Waals surface area (Å²) in [7, 11) is 1.40. The molecule has 0 aliphatic heterocycles. The Balaban J connectivity index is 0.000000221. The largest absolute Gasteiger partial charge is 0.465 e. The number of hydrogen-bond acceptors (Lipinski definition) is 4. The van der Waals surface area contributed by atoms with Gasteiger partial charge in [0.15, 0.2) is 0 Å². The molecule has 0 saturated heterocycles. The molecular weight excluding hydrogens is 404 g/mol. The van der Waals surface area contributed by atoms with Gasteiger partial charge in [-0.1, -0.05) is 45.3 Å². The molecule has 2 saturated carbocycles. The Hall–Kier alpha value is -0.840. The number of aliphatic hydroxyl groups is 1. The second-order valence-electron chi connectivity index (χ2n) is 8.37. The van der Waals surface area contributed by atoms with Gasteiger partial charge in [-0.2, -0.15) is 0 Å². The second kappa shape index (κ2) is 12.1. The van der Waals surface area contributed by atoms with Gasteiger partial charge in [0.2, 0.25) is 0 Å². The van der Waals surface area contributed by atoms with Crippen molar-refractivity contribution in [2.75, 3.05) is 7.11 Å². The summed E-state index contributed by atoms with van der Waals surface area (Å²) in [4.78, 5) is 13.0. The smallest absolute Gasteiger partial charge is 0.348 e. The molecule has 1 unspecified atom stereocenters. The van der Waals surface area contributed by atoms with Crippen molar-refractivity contribution in [3.8, 4) is 0 Å². The van der Waals surface area contributed by atoms with Crippen LogP contribution in [0, 0.1) is 11.3 Å². The summed E-state index contributed by atoms with van der Waals surface area (Å²) in [5, 5.41) is 10.6. The van der Waals surface area contributed by atoms with Crippen molar-refractivity contribution in [3.05, 3.63) is 34.0 Å². The molecule has 1 aromatic rings.